The monoisotopic (exact) mass is 434 g/mol. The molecule has 1 fully saturated rings. The lowest BCUT2D eigenvalue weighted by molar-refractivity contribution is -0.139. The summed E-state index contributed by atoms with van der Waals surface area (Å²) in [4.78, 5) is 21.3. The highest BCUT2D eigenvalue weighted by Gasteiger charge is 2.42. The molecule has 3 heterocycles. The minimum atomic E-state index is -2.22. The maximum Gasteiger partial charge on any atom is 0.613 e. The van der Waals surface area contributed by atoms with Gasteiger partial charge < -0.3 is 30.7 Å². The first kappa shape index (κ1) is 20.7. The average Bonchev–Trinajstić information content (AvgIpc) is 3.26. The number of carbonyl (C=O) groups is 1. The third-order valence-electron chi connectivity index (χ3n) is 4.24. The van der Waals surface area contributed by atoms with Crippen LogP contribution in [0.2, 0.25) is 0 Å². The fraction of sp³-hybridized carbons (Fsp3) is 0.643. The minimum absolute atomic E-state index is 0.0604. The fourth-order valence-electron chi connectivity index (χ4n) is 2.95. The highest BCUT2D eigenvalue weighted by atomic mass is 35.5. The smallest absolute Gasteiger partial charge is 0.468 e. The van der Waals surface area contributed by atoms with E-state index in [0.717, 1.165) is 5.69 Å². The maximum absolute atomic E-state index is 11.8. The molecule has 1 aromatic rings. The van der Waals surface area contributed by atoms with Gasteiger partial charge in [-0.1, -0.05) is 5.09 Å². The SMILES string of the molecule is CNc1nc(N)nc2c1NCN2C1OC(CO[P+](=O)NCC(=O)OC)CC1Cl. The number of nitrogens with zero attached hydrogens (tertiary/aromatic N) is 3. The number of nitrogens with one attached hydrogen (secondary N) is 3. The lowest BCUT2D eigenvalue weighted by Gasteiger charge is -2.26. The molecule has 28 heavy (non-hydrogen) atoms. The molecule has 0 saturated carbocycles. The van der Waals surface area contributed by atoms with Gasteiger partial charge in [-0.3, -0.25) is 4.79 Å². The number of halogens is 1. The molecule has 0 aromatic carbocycles. The van der Waals surface area contributed by atoms with E-state index in [4.69, 9.17) is 26.6 Å². The summed E-state index contributed by atoms with van der Waals surface area (Å²) in [7, 11) is 0.764. The van der Waals surface area contributed by atoms with Crippen molar-refractivity contribution in [3.05, 3.63) is 0 Å². The van der Waals surface area contributed by atoms with Crippen LogP contribution >= 0.6 is 19.8 Å². The Morgan fingerprint density at radius 3 is 3.04 bits per heavy atom. The summed E-state index contributed by atoms with van der Waals surface area (Å²) in [5, 5.41) is 8.27. The van der Waals surface area contributed by atoms with Gasteiger partial charge in [-0.05, 0) is 11.0 Å². The number of ether oxygens (including phenoxy) is 2. The number of nitrogen functional groups attached to an aromatic ring is 1. The molecule has 2 aliphatic rings. The van der Waals surface area contributed by atoms with Crippen LogP contribution < -0.4 is 26.4 Å². The molecule has 0 aliphatic carbocycles. The summed E-state index contributed by atoms with van der Waals surface area (Å²) in [6.07, 6.45) is -0.333. The van der Waals surface area contributed by atoms with E-state index in [1.54, 1.807) is 7.05 Å². The number of nitrogens with two attached hydrogens (primary N) is 1. The molecule has 12 nitrogen and oxygen atoms in total. The Balaban J connectivity index is 1.58. The molecular weight excluding hydrogens is 413 g/mol. The van der Waals surface area contributed by atoms with Gasteiger partial charge in [0, 0.05) is 7.05 Å². The summed E-state index contributed by atoms with van der Waals surface area (Å²) >= 11 is 6.48. The van der Waals surface area contributed by atoms with Crippen LogP contribution in [0.25, 0.3) is 0 Å². The van der Waals surface area contributed by atoms with Crippen LogP contribution in [0.4, 0.5) is 23.3 Å². The summed E-state index contributed by atoms with van der Waals surface area (Å²) in [6, 6.07) is 0. The fourth-order valence-corrected chi connectivity index (χ4v) is 3.99. The lowest BCUT2D eigenvalue weighted by atomic mass is 10.2. The highest BCUT2D eigenvalue weighted by molar-refractivity contribution is 7.36. The molecule has 14 heteroatoms. The van der Waals surface area contributed by atoms with Crippen LogP contribution in [0.1, 0.15) is 6.42 Å². The first-order valence-corrected chi connectivity index (χ1v) is 10.1. The Kier molecular flexibility index (Phi) is 6.68. The van der Waals surface area contributed by atoms with Crippen molar-refractivity contribution < 1.29 is 23.4 Å². The topological polar surface area (TPSA) is 153 Å². The van der Waals surface area contributed by atoms with Gasteiger partial charge in [-0.2, -0.15) is 9.97 Å². The summed E-state index contributed by atoms with van der Waals surface area (Å²) in [5.41, 5.74) is 6.51. The number of hydrogen-bond donors (Lipinski definition) is 4. The second kappa shape index (κ2) is 9.01. The zero-order chi connectivity index (χ0) is 20.3. The van der Waals surface area contributed by atoms with Crippen molar-refractivity contribution in [3.8, 4) is 0 Å². The number of methoxy groups -OCH3 is 1. The van der Waals surface area contributed by atoms with E-state index in [1.807, 2.05) is 4.90 Å². The lowest BCUT2D eigenvalue weighted by Crippen LogP contribution is -2.40. The molecule has 2 aliphatic heterocycles. The third-order valence-corrected chi connectivity index (χ3v) is 5.43. The molecule has 0 bridgehead atoms. The third kappa shape index (κ3) is 4.53. The van der Waals surface area contributed by atoms with Crippen molar-refractivity contribution in [1.29, 1.82) is 0 Å². The Hall–Kier alpha value is -1.98. The van der Waals surface area contributed by atoms with Gasteiger partial charge in [0.15, 0.2) is 11.6 Å². The van der Waals surface area contributed by atoms with Crippen molar-refractivity contribution in [2.24, 2.45) is 0 Å². The van der Waals surface area contributed by atoms with Crippen molar-refractivity contribution in [3.63, 3.8) is 0 Å². The molecule has 0 radical (unpaired) electrons. The van der Waals surface area contributed by atoms with Gasteiger partial charge in [0.05, 0.1) is 25.3 Å². The van der Waals surface area contributed by atoms with E-state index >= 15 is 0 Å². The van der Waals surface area contributed by atoms with Gasteiger partial charge >= 0.3 is 14.1 Å². The highest BCUT2D eigenvalue weighted by Crippen LogP contribution is 2.40. The molecule has 154 valence electrons. The number of anilines is 4. The molecule has 4 unspecified atom stereocenters. The molecule has 0 amide bonds. The number of alkyl halides is 1. The quantitative estimate of drug-likeness (QED) is 0.255. The minimum Gasteiger partial charge on any atom is -0.468 e. The van der Waals surface area contributed by atoms with Gasteiger partial charge in [0.1, 0.15) is 25.1 Å². The normalized spacial score (nSPS) is 23.9. The predicted octanol–water partition coefficient (Wildman–Crippen LogP) is 0.449. The van der Waals surface area contributed by atoms with Crippen LogP contribution in [0.5, 0.6) is 0 Å². The first-order chi connectivity index (χ1) is 13.4. The largest absolute Gasteiger partial charge is 0.613 e. The van der Waals surface area contributed by atoms with E-state index in [9.17, 15) is 9.36 Å². The van der Waals surface area contributed by atoms with Crippen molar-refractivity contribution >= 4 is 49.0 Å². The van der Waals surface area contributed by atoms with Crippen LogP contribution in [0.15, 0.2) is 0 Å². The Morgan fingerprint density at radius 1 is 1.54 bits per heavy atom. The molecule has 3 rings (SSSR count). The number of esters is 1. The molecule has 1 saturated heterocycles. The Labute approximate surface area is 167 Å². The van der Waals surface area contributed by atoms with Crippen LogP contribution in [-0.2, 0) is 23.4 Å². The molecule has 0 spiro atoms. The van der Waals surface area contributed by atoms with Crippen LogP contribution in [0.3, 0.4) is 0 Å². The standard InChI is InChI=1S/C14H22ClN7O5P/c1-17-11-10-12(21-14(16)20-11)22(6-18-10)13-8(15)3-7(27-13)5-26-28(24)19-4-9(23)25-2/h7-8,13,18H,3-6H2,1-2H3,(H,19,24)(H3,16,17,20,21)/q+1. The number of hydrogen-bond acceptors (Lipinski definition) is 11. The van der Waals surface area contributed by atoms with Crippen LogP contribution in [0, 0.1) is 0 Å². The summed E-state index contributed by atoms with van der Waals surface area (Å²) in [5.74, 6) is 0.782. The van der Waals surface area contributed by atoms with Crippen molar-refractivity contribution in [2.75, 3.05) is 55.2 Å². The summed E-state index contributed by atoms with van der Waals surface area (Å²) < 4.78 is 27.4. The predicted molar refractivity (Wildman–Crippen MR) is 103 cm³/mol. The number of aromatic nitrogens is 2. The molecule has 4 atom stereocenters. The second-order valence-electron chi connectivity index (χ2n) is 6.05. The second-order valence-corrected chi connectivity index (χ2v) is 7.70. The molecule has 1 aromatic heterocycles. The van der Waals surface area contributed by atoms with Gasteiger partial charge in [-0.25, -0.2) is 0 Å². The van der Waals surface area contributed by atoms with E-state index < -0.39 is 20.4 Å². The van der Waals surface area contributed by atoms with Crippen molar-refractivity contribution in [2.45, 2.75) is 24.1 Å². The average molecular weight is 435 g/mol. The van der Waals surface area contributed by atoms with Gasteiger partial charge in [-0.15, -0.1) is 16.1 Å². The van der Waals surface area contributed by atoms with Gasteiger partial charge in [0.25, 0.3) is 0 Å². The van der Waals surface area contributed by atoms with Crippen LogP contribution in [-0.4, -0.2) is 67.6 Å². The van der Waals surface area contributed by atoms with Gasteiger partial charge in [0.2, 0.25) is 5.95 Å². The zero-order valence-electron chi connectivity index (χ0n) is 15.3. The summed E-state index contributed by atoms with van der Waals surface area (Å²) in [6.45, 7) is 0.284. The molecule has 5 N–H and O–H groups in total. The number of carbonyl (C=O) groups excluding carboxylic acids is 1. The Morgan fingerprint density at radius 2 is 2.32 bits per heavy atom. The van der Waals surface area contributed by atoms with E-state index in [2.05, 4.69) is 30.4 Å². The Bertz CT molecular complexity index is 757. The zero-order valence-corrected chi connectivity index (χ0v) is 17.0. The maximum atomic E-state index is 11.8. The number of fused-ring (bicyclic) bond motifs is 1. The van der Waals surface area contributed by atoms with Crippen molar-refractivity contribution in [1.82, 2.24) is 15.1 Å². The van der Waals surface area contributed by atoms with E-state index in [-0.39, 0.29) is 30.6 Å². The molecular formula is C14H22ClN7O5P+. The first-order valence-electron chi connectivity index (χ1n) is 8.48. The van der Waals surface area contributed by atoms with E-state index in [0.29, 0.717) is 24.7 Å². The number of rotatable bonds is 8. The van der Waals surface area contributed by atoms with E-state index in [1.165, 1.54) is 7.11 Å².